The SMILES string of the molecule is CCc1nsc(N2CCCN(c3c(C#N)c(=O)n(C)c(=O)n3C)CC2)n1. The first kappa shape index (κ1) is 18.1. The monoisotopic (exact) mass is 375 g/mol. The first-order valence-corrected chi connectivity index (χ1v) is 9.27. The van der Waals surface area contributed by atoms with E-state index in [0.717, 1.165) is 34.9 Å². The van der Waals surface area contributed by atoms with Crippen molar-refractivity contribution in [1.82, 2.24) is 18.5 Å². The molecule has 138 valence electrons. The third-order valence-electron chi connectivity index (χ3n) is 4.59. The second-order valence-electron chi connectivity index (χ2n) is 6.19. The first-order chi connectivity index (χ1) is 12.5. The predicted octanol–water partition coefficient (Wildman–Crippen LogP) is 0.0863. The molecule has 0 radical (unpaired) electrons. The topological polar surface area (TPSA) is 100 Å². The minimum atomic E-state index is -0.552. The van der Waals surface area contributed by atoms with Gasteiger partial charge in [0.05, 0.1) is 0 Å². The van der Waals surface area contributed by atoms with Gasteiger partial charge in [-0.15, -0.1) is 0 Å². The van der Waals surface area contributed by atoms with Crippen molar-refractivity contribution in [3.05, 3.63) is 32.2 Å². The molecule has 1 aliphatic heterocycles. The largest absolute Gasteiger partial charge is 0.355 e. The number of hydrogen-bond donors (Lipinski definition) is 0. The molecular formula is C16H21N7O2S. The highest BCUT2D eigenvalue weighted by molar-refractivity contribution is 7.09. The molecular weight excluding hydrogens is 354 g/mol. The maximum absolute atomic E-state index is 12.3. The summed E-state index contributed by atoms with van der Waals surface area (Å²) in [4.78, 5) is 33.3. The van der Waals surface area contributed by atoms with Crippen molar-refractivity contribution < 1.29 is 0 Å². The number of anilines is 2. The second-order valence-corrected chi connectivity index (χ2v) is 6.92. The molecule has 9 nitrogen and oxygen atoms in total. The molecule has 0 aliphatic carbocycles. The van der Waals surface area contributed by atoms with E-state index in [1.54, 1.807) is 7.05 Å². The Hall–Kier alpha value is -2.67. The van der Waals surface area contributed by atoms with E-state index >= 15 is 0 Å². The van der Waals surface area contributed by atoms with Gasteiger partial charge in [-0.1, -0.05) is 6.92 Å². The van der Waals surface area contributed by atoms with Crippen molar-refractivity contribution in [1.29, 1.82) is 5.26 Å². The van der Waals surface area contributed by atoms with Crippen molar-refractivity contribution in [2.75, 3.05) is 36.0 Å². The van der Waals surface area contributed by atoms with Crippen LogP contribution < -0.4 is 21.0 Å². The van der Waals surface area contributed by atoms with Crippen molar-refractivity contribution in [2.45, 2.75) is 19.8 Å². The molecule has 0 atom stereocenters. The smallest absolute Gasteiger partial charge is 0.332 e. The highest BCUT2D eigenvalue weighted by Gasteiger charge is 2.24. The molecule has 3 rings (SSSR count). The van der Waals surface area contributed by atoms with E-state index in [9.17, 15) is 14.9 Å². The zero-order valence-corrected chi connectivity index (χ0v) is 15.9. The summed E-state index contributed by atoms with van der Waals surface area (Å²) >= 11 is 1.39. The lowest BCUT2D eigenvalue weighted by atomic mass is 10.2. The molecule has 0 N–H and O–H groups in total. The summed E-state index contributed by atoms with van der Waals surface area (Å²) in [6.45, 7) is 4.78. The Labute approximate surface area is 154 Å². The maximum atomic E-state index is 12.3. The molecule has 0 amide bonds. The van der Waals surface area contributed by atoms with Crippen molar-refractivity contribution >= 4 is 22.5 Å². The van der Waals surface area contributed by atoms with E-state index in [1.165, 1.54) is 23.1 Å². The van der Waals surface area contributed by atoms with Crippen LogP contribution in [0.2, 0.25) is 0 Å². The molecule has 0 unspecified atom stereocenters. The van der Waals surface area contributed by atoms with Gasteiger partial charge in [-0.05, 0) is 6.42 Å². The molecule has 1 aliphatic rings. The van der Waals surface area contributed by atoms with Gasteiger partial charge in [-0.2, -0.15) is 9.64 Å². The number of nitrogens with zero attached hydrogens (tertiary/aromatic N) is 7. The van der Waals surface area contributed by atoms with Crippen LogP contribution in [-0.2, 0) is 20.5 Å². The highest BCUT2D eigenvalue weighted by Crippen LogP contribution is 2.22. The van der Waals surface area contributed by atoms with Gasteiger partial charge < -0.3 is 9.80 Å². The molecule has 1 fully saturated rings. The number of rotatable bonds is 3. The van der Waals surface area contributed by atoms with Gasteiger partial charge in [0.2, 0.25) is 5.13 Å². The summed E-state index contributed by atoms with van der Waals surface area (Å²) in [5.74, 6) is 1.24. The average molecular weight is 375 g/mol. The lowest BCUT2D eigenvalue weighted by molar-refractivity contribution is 0.656. The highest BCUT2D eigenvalue weighted by atomic mass is 32.1. The summed E-state index contributed by atoms with van der Waals surface area (Å²) < 4.78 is 6.69. The normalized spacial score (nSPS) is 15.0. The van der Waals surface area contributed by atoms with Gasteiger partial charge in [0.15, 0.2) is 5.56 Å². The molecule has 0 spiro atoms. The zero-order valence-electron chi connectivity index (χ0n) is 15.1. The van der Waals surface area contributed by atoms with Crippen LogP contribution in [0.1, 0.15) is 24.7 Å². The molecule has 0 saturated carbocycles. The van der Waals surface area contributed by atoms with Crippen LogP contribution in [0.4, 0.5) is 10.9 Å². The van der Waals surface area contributed by atoms with Crippen LogP contribution in [0, 0.1) is 11.3 Å². The summed E-state index contributed by atoms with van der Waals surface area (Å²) in [7, 11) is 2.99. The van der Waals surface area contributed by atoms with Crippen LogP contribution in [0.3, 0.4) is 0 Å². The number of aromatic nitrogens is 4. The van der Waals surface area contributed by atoms with Crippen molar-refractivity contribution in [3.8, 4) is 6.07 Å². The quantitative estimate of drug-likeness (QED) is 0.749. The van der Waals surface area contributed by atoms with Crippen LogP contribution in [0.5, 0.6) is 0 Å². The van der Waals surface area contributed by atoms with Gasteiger partial charge in [-0.25, -0.2) is 9.78 Å². The Bertz CT molecular complexity index is 968. The summed E-state index contributed by atoms with van der Waals surface area (Å²) in [5.41, 5.74) is -0.975. The minimum Gasteiger partial charge on any atom is -0.355 e. The first-order valence-electron chi connectivity index (χ1n) is 8.50. The lowest BCUT2D eigenvalue weighted by Crippen LogP contribution is -2.43. The Kier molecular flexibility index (Phi) is 5.08. The second kappa shape index (κ2) is 7.29. The van der Waals surface area contributed by atoms with Gasteiger partial charge in [0, 0.05) is 58.2 Å². The standard InChI is InChI=1S/C16H21N7O2S/c1-4-12-18-15(26-19-12)23-7-5-6-22(8-9-23)13-11(10-17)14(24)21(3)16(25)20(13)2/h4-9H2,1-3H3. The minimum absolute atomic E-state index is 0.00670. The Balaban J connectivity index is 1.92. The molecule has 26 heavy (non-hydrogen) atoms. The molecule has 2 aromatic heterocycles. The van der Waals surface area contributed by atoms with Crippen LogP contribution in [0.15, 0.2) is 9.59 Å². The van der Waals surface area contributed by atoms with E-state index in [1.807, 2.05) is 17.9 Å². The number of aryl methyl sites for hydroxylation is 1. The molecule has 0 aromatic carbocycles. The van der Waals surface area contributed by atoms with Gasteiger partial charge in [0.1, 0.15) is 17.7 Å². The molecule has 0 bridgehead atoms. The summed E-state index contributed by atoms with van der Waals surface area (Å²) in [5, 5.41) is 10.4. The summed E-state index contributed by atoms with van der Waals surface area (Å²) in [6, 6.07) is 1.98. The maximum Gasteiger partial charge on any atom is 0.332 e. The molecule has 3 heterocycles. The van der Waals surface area contributed by atoms with E-state index in [0.29, 0.717) is 25.5 Å². The van der Waals surface area contributed by atoms with Crippen LogP contribution in [0.25, 0.3) is 0 Å². The Morgan fingerprint density at radius 3 is 2.46 bits per heavy atom. The van der Waals surface area contributed by atoms with Gasteiger partial charge >= 0.3 is 5.69 Å². The van der Waals surface area contributed by atoms with Crippen molar-refractivity contribution in [3.63, 3.8) is 0 Å². The van der Waals surface area contributed by atoms with Crippen LogP contribution in [-0.4, -0.2) is 44.7 Å². The third kappa shape index (κ3) is 3.10. The zero-order chi connectivity index (χ0) is 18.8. The van der Waals surface area contributed by atoms with E-state index in [-0.39, 0.29) is 5.56 Å². The Morgan fingerprint density at radius 2 is 1.81 bits per heavy atom. The predicted molar refractivity (Wildman–Crippen MR) is 100.0 cm³/mol. The Morgan fingerprint density at radius 1 is 1.12 bits per heavy atom. The third-order valence-corrected chi connectivity index (χ3v) is 5.40. The average Bonchev–Trinajstić information content (AvgIpc) is 3.00. The number of hydrogen-bond acceptors (Lipinski definition) is 8. The fraction of sp³-hybridized carbons (Fsp3) is 0.562. The fourth-order valence-corrected chi connectivity index (χ4v) is 3.94. The van der Waals surface area contributed by atoms with Gasteiger partial charge in [-0.3, -0.25) is 13.9 Å². The fourth-order valence-electron chi connectivity index (χ4n) is 3.14. The summed E-state index contributed by atoms with van der Waals surface area (Å²) in [6.07, 6.45) is 1.63. The lowest BCUT2D eigenvalue weighted by Gasteiger charge is -2.26. The molecule has 10 heteroatoms. The molecule has 1 saturated heterocycles. The number of nitriles is 1. The van der Waals surface area contributed by atoms with Crippen molar-refractivity contribution in [2.24, 2.45) is 14.1 Å². The van der Waals surface area contributed by atoms with E-state index in [4.69, 9.17) is 0 Å². The van der Waals surface area contributed by atoms with Crippen LogP contribution >= 0.6 is 11.5 Å². The van der Waals surface area contributed by atoms with E-state index < -0.39 is 11.2 Å². The van der Waals surface area contributed by atoms with E-state index in [2.05, 4.69) is 14.3 Å². The molecule has 2 aromatic rings. The van der Waals surface area contributed by atoms with Gasteiger partial charge in [0.25, 0.3) is 5.56 Å².